The van der Waals surface area contributed by atoms with E-state index in [2.05, 4.69) is 31.4 Å². The number of piperazine rings is 1. The van der Waals surface area contributed by atoms with E-state index in [9.17, 15) is 21.6 Å². The molecule has 9 nitrogen and oxygen atoms in total. The van der Waals surface area contributed by atoms with Gasteiger partial charge in [-0.1, -0.05) is 0 Å². The molecule has 3 aromatic heterocycles. The van der Waals surface area contributed by atoms with Gasteiger partial charge in [0.15, 0.2) is 5.82 Å². The molecule has 0 amide bonds. The molecular weight excluding hydrogens is 495 g/mol. The molecule has 13 heteroatoms. The molecule has 0 spiro atoms. The number of alkyl halides is 3. The Hall–Kier alpha value is -2.77. The van der Waals surface area contributed by atoms with Crippen molar-refractivity contribution in [1.82, 2.24) is 29.0 Å². The van der Waals surface area contributed by atoms with Crippen LogP contribution in [-0.4, -0.2) is 76.2 Å². The van der Waals surface area contributed by atoms with Crippen LogP contribution in [0.3, 0.4) is 0 Å². The lowest BCUT2D eigenvalue weighted by atomic mass is 9.98. The first-order valence-corrected chi connectivity index (χ1v) is 13.7. The predicted molar refractivity (Wildman–Crippen MR) is 129 cm³/mol. The molecule has 1 saturated heterocycles. The molecule has 0 aromatic carbocycles. The quantitative estimate of drug-likeness (QED) is 0.531. The standard InChI is InChI=1S/C23H28F3N7O2S/c1-14-12-31(15(2)18(11-29-36(3,34)35)33(14)17-5-6-17)21-8-9-27-22(30-21)19-10-28-20-7-4-16(13-32(19)20)23(24,25)26/h4,7-10,13-15,17-18,29H,5-6,11-12H2,1-3H3/t14-,15-,18+/m1/s1. The van der Waals surface area contributed by atoms with E-state index in [-0.39, 0.29) is 30.5 Å². The minimum absolute atomic E-state index is 0.0699. The zero-order chi connectivity index (χ0) is 25.8. The molecule has 3 aromatic rings. The Labute approximate surface area is 207 Å². The number of aromatic nitrogens is 4. The van der Waals surface area contributed by atoms with Gasteiger partial charge < -0.3 is 4.90 Å². The lowest BCUT2D eigenvalue weighted by Gasteiger charge is -2.50. The highest BCUT2D eigenvalue weighted by Gasteiger charge is 2.45. The maximum atomic E-state index is 13.3. The summed E-state index contributed by atoms with van der Waals surface area (Å²) < 4.78 is 67.5. The van der Waals surface area contributed by atoms with Gasteiger partial charge in [-0.25, -0.2) is 28.1 Å². The van der Waals surface area contributed by atoms with Crippen LogP contribution in [0.2, 0.25) is 0 Å². The molecule has 3 atom stereocenters. The van der Waals surface area contributed by atoms with Crippen LogP contribution < -0.4 is 9.62 Å². The second-order valence-electron chi connectivity index (χ2n) is 9.63. The third kappa shape index (κ3) is 4.91. The van der Waals surface area contributed by atoms with Gasteiger partial charge in [-0.3, -0.25) is 9.30 Å². The van der Waals surface area contributed by atoms with Crippen molar-refractivity contribution < 1.29 is 21.6 Å². The highest BCUT2D eigenvalue weighted by atomic mass is 32.2. The smallest absolute Gasteiger partial charge is 0.351 e. The van der Waals surface area contributed by atoms with Crippen LogP contribution >= 0.6 is 0 Å². The fraction of sp³-hybridized carbons (Fsp3) is 0.522. The van der Waals surface area contributed by atoms with E-state index in [1.165, 1.54) is 16.7 Å². The van der Waals surface area contributed by atoms with Crippen LogP contribution in [0.1, 0.15) is 32.3 Å². The van der Waals surface area contributed by atoms with Gasteiger partial charge in [0, 0.05) is 49.7 Å². The first-order chi connectivity index (χ1) is 16.9. The number of hydrogen-bond acceptors (Lipinski definition) is 7. The van der Waals surface area contributed by atoms with E-state index < -0.39 is 21.8 Å². The van der Waals surface area contributed by atoms with Crippen molar-refractivity contribution >= 4 is 21.5 Å². The molecule has 0 radical (unpaired) electrons. The van der Waals surface area contributed by atoms with Crippen molar-refractivity contribution in [2.45, 2.75) is 57.0 Å². The zero-order valence-electron chi connectivity index (χ0n) is 20.1. The molecule has 1 N–H and O–H groups in total. The molecule has 36 heavy (non-hydrogen) atoms. The lowest BCUT2D eigenvalue weighted by Crippen LogP contribution is -2.66. The van der Waals surface area contributed by atoms with Crippen molar-refractivity contribution in [3.8, 4) is 11.5 Å². The third-order valence-electron chi connectivity index (χ3n) is 6.92. The van der Waals surface area contributed by atoms with Crippen LogP contribution in [-0.2, 0) is 16.2 Å². The summed E-state index contributed by atoms with van der Waals surface area (Å²) in [5, 5.41) is 0. The summed E-state index contributed by atoms with van der Waals surface area (Å²) >= 11 is 0. The largest absolute Gasteiger partial charge is 0.417 e. The Bertz CT molecular complexity index is 1370. The number of nitrogens with one attached hydrogen (secondary N) is 1. The van der Waals surface area contributed by atoms with Gasteiger partial charge in [-0.15, -0.1) is 0 Å². The van der Waals surface area contributed by atoms with Crippen molar-refractivity contribution in [1.29, 1.82) is 0 Å². The van der Waals surface area contributed by atoms with Crippen molar-refractivity contribution in [2.75, 3.05) is 24.2 Å². The molecule has 194 valence electrons. The minimum Gasteiger partial charge on any atom is -0.351 e. The zero-order valence-corrected chi connectivity index (χ0v) is 21.0. The number of hydrogen-bond donors (Lipinski definition) is 1. The second-order valence-corrected chi connectivity index (χ2v) is 11.5. The summed E-state index contributed by atoms with van der Waals surface area (Å²) in [7, 11) is -3.36. The molecule has 4 heterocycles. The predicted octanol–water partition coefficient (Wildman–Crippen LogP) is 2.79. The number of pyridine rings is 1. The number of rotatable bonds is 6. The molecule has 2 fully saturated rings. The fourth-order valence-corrected chi connectivity index (χ4v) is 5.57. The Morgan fingerprint density at radius 1 is 1.14 bits per heavy atom. The number of anilines is 1. The first-order valence-electron chi connectivity index (χ1n) is 11.8. The van der Waals surface area contributed by atoms with Gasteiger partial charge in [0.1, 0.15) is 17.2 Å². The Kier molecular flexibility index (Phi) is 6.20. The molecular formula is C23H28F3N7O2S. The summed E-state index contributed by atoms with van der Waals surface area (Å²) in [5.41, 5.74) is -0.0743. The average Bonchev–Trinajstić information content (AvgIpc) is 3.55. The second kappa shape index (κ2) is 8.96. The van der Waals surface area contributed by atoms with E-state index in [1.807, 2.05) is 6.92 Å². The first kappa shape index (κ1) is 24.9. The Morgan fingerprint density at radius 3 is 2.56 bits per heavy atom. The van der Waals surface area contributed by atoms with Gasteiger partial charge in [-0.05, 0) is 44.9 Å². The average molecular weight is 524 g/mol. The minimum atomic E-state index is -4.49. The van der Waals surface area contributed by atoms with E-state index in [0.717, 1.165) is 31.4 Å². The highest BCUT2D eigenvalue weighted by Crippen LogP contribution is 2.36. The SMILES string of the molecule is C[C@@H]1[C@H](CNS(C)(=O)=O)N(C2CC2)[C@H](C)CN1c1ccnc(-c2cnc3ccc(C(F)(F)F)cn23)n1. The molecule has 2 aliphatic rings. The summed E-state index contributed by atoms with van der Waals surface area (Å²) in [6.45, 7) is 5.12. The van der Waals surface area contributed by atoms with E-state index in [0.29, 0.717) is 29.7 Å². The maximum absolute atomic E-state index is 13.3. The van der Waals surface area contributed by atoms with Crippen LogP contribution in [0.15, 0.2) is 36.8 Å². The van der Waals surface area contributed by atoms with Gasteiger partial charge >= 0.3 is 6.18 Å². The Balaban J connectivity index is 1.48. The van der Waals surface area contributed by atoms with Crippen molar-refractivity contribution in [3.63, 3.8) is 0 Å². The van der Waals surface area contributed by atoms with Gasteiger partial charge in [0.2, 0.25) is 10.0 Å². The summed E-state index contributed by atoms with van der Waals surface area (Å²) in [6, 6.07) is 4.54. The monoisotopic (exact) mass is 523 g/mol. The van der Waals surface area contributed by atoms with Crippen molar-refractivity contribution in [2.24, 2.45) is 0 Å². The molecule has 1 aliphatic carbocycles. The topological polar surface area (TPSA) is 95.7 Å². The number of imidazole rings is 1. The summed E-state index contributed by atoms with van der Waals surface area (Å²) in [4.78, 5) is 17.8. The van der Waals surface area contributed by atoms with E-state index in [1.54, 1.807) is 12.3 Å². The summed E-state index contributed by atoms with van der Waals surface area (Å²) in [6.07, 6.45) is 2.90. The van der Waals surface area contributed by atoms with Crippen molar-refractivity contribution in [3.05, 3.63) is 42.4 Å². The summed E-state index contributed by atoms with van der Waals surface area (Å²) in [5.74, 6) is 0.885. The number of fused-ring (bicyclic) bond motifs is 1. The Morgan fingerprint density at radius 2 is 1.89 bits per heavy atom. The van der Waals surface area contributed by atoms with Crippen LogP contribution in [0.25, 0.3) is 17.2 Å². The highest BCUT2D eigenvalue weighted by molar-refractivity contribution is 7.88. The molecule has 1 saturated carbocycles. The molecule has 1 aliphatic heterocycles. The normalized spacial score (nSPS) is 23.9. The number of nitrogens with zero attached hydrogens (tertiary/aromatic N) is 6. The maximum Gasteiger partial charge on any atom is 0.417 e. The van der Waals surface area contributed by atoms with E-state index >= 15 is 0 Å². The van der Waals surface area contributed by atoms with Crippen LogP contribution in [0.5, 0.6) is 0 Å². The van der Waals surface area contributed by atoms with Crippen LogP contribution in [0, 0.1) is 0 Å². The third-order valence-corrected chi connectivity index (χ3v) is 7.61. The number of halogens is 3. The van der Waals surface area contributed by atoms with E-state index in [4.69, 9.17) is 4.98 Å². The van der Waals surface area contributed by atoms with Gasteiger partial charge in [0.05, 0.1) is 18.0 Å². The molecule has 5 rings (SSSR count). The lowest BCUT2D eigenvalue weighted by molar-refractivity contribution is -0.137. The molecule has 0 bridgehead atoms. The molecule has 0 unspecified atom stereocenters. The number of sulfonamides is 1. The fourth-order valence-electron chi connectivity index (χ4n) is 5.09. The van der Waals surface area contributed by atoms with Crippen LogP contribution in [0.4, 0.5) is 19.0 Å². The van der Waals surface area contributed by atoms with Gasteiger partial charge in [-0.2, -0.15) is 13.2 Å². The van der Waals surface area contributed by atoms with Gasteiger partial charge in [0.25, 0.3) is 0 Å².